The van der Waals surface area contributed by atoms with E-state index < -0.39 is 0 Å². The number of ether oxygens (including phenoxy) is 2. The average Bonchev–Trinajstić information content (AvgIpc) is 2.79. The largest absolute Gasteiger partial charge is 0.497 e. The molecular formula is C24H32N2O3S. The van der Waals surface area contributed by atoms with E-state index in [0.29, 0.717) is 13.0 Å². The highest BCUT2D eigenvalue weighted by molar-refractivity contribution is 7.99. The summed E-state index contributed by atoms with van der Waals surface area (Å²) in [6.07, 6.45) is 0.525. The van der Waals surface area contributed by atoms with Gasteiger partial charge in [0, 0.05) is 49.3 Å². The lowest BCUT2D eigenvalue weighted by Gasteiger charge is -2.35. The molecule has 2 aromatic rings. The second-order valence-corrected chi connectivity index (χ2v) is 8.71. The Bertz CT molecular complexity index is 764. The molecular weight excluding hydrogens is 396 g/mol. The fourth-order valence-electron chi connectivity index (χ4n) is 3.60. The van der Waals surface area contributed by atoms with Crippen LogP contribution in [0, 0.1) is 0 Å². The van der Waals surface area contributed by atoms with Gasteiger partial charge >= 0.3 is 0 Å². The van der Waals surface area contributed by atoms with Crippen molar-refractivity contribution in [2.24, 2.45) is 0 Å². The highest BCUT2D eigenvalue weighted by Crippen LogP contribution is 2.22. The van der Waals surface area contributed by atoms with E-state index in [0.717, 1.165) is 49.2 Å². The van der Waals surface area contributed by atoms with Crippen LogP contribution in [0.1, 0.15) is 18.9 Å². The fraction of sp³-hybridized carbons (Fsp3) is 0.458. The number of morpholine rings is 1. The Balaban J connectivity index is 1.58. The van der Waals surface area contributed by atoms with E-state index in [-0.39, 0.29) is 11.9 Å². The lowest BCUT2D eigenvalue weighted by molar-refractivity contribution is -0.134. The van der Waals surface area contributed by atoms with E-state index in [1.807, 2.05) is 47.4 Å². The van der Waals surface area contributed by atoms with Gasteiger partial charge in [0.25, 0.3) is 0 Å². The van der Waals surface area contributed by atoms with Crippen LogP contribution in [-0.2, 0) is 16.1 Å². The summed E-state index contributed by atoms with van der Waals surface area (Å²) in [5.74, 6) is 1.82. The van der Waals surface area contributed by atoms with E-state index >= 15 is 0 Å². The van der Waals surface area contributed by atoms with E-state index in [9.17, 15) is 4.79 Å². The Morgan fingerprint density at radius 2 is 1.83 bits per heavy atom. The summed E-state index contributed by atoms with van der Waals surface area (Å²) in [7, 11) is 1.67. The summed E-state index contributed by atoms with van der Waals surface area (Å²) in [4.78, 5) is 18.8. The molecule has 1 fully saturated rings. The number of hydrogen-bond donors (Lipinski definition) is 0. The van der Waals surface area contributed by atoms with Crippen molar-refractivity contribution in [3.05, 3.63) is 60.2 Å². The predicted molar refractivity (Wildman–Crippen MR) is 122 cm³/mol. The van der Waals surface area contributed by atoms with E-state index in [2.05, 4.69) is 24.0 Å². The van der Waals surface area contributed by atoms with Gasteiger partial charge in [-0.2, -0.15) is 0 Å². The van der Waals surface area contributed by atoms with Crippen molar-refractivity contribution in [2.45, 2.75) is 30.8 Å². The fourth-order valence-corrected chi connectivity index (χ4v) is 4.44. The van der Waals surface area contributed by atoms with Crippen LogP contribution in [0.3, 0.4) is 0 Å². The minimum Gasteiger partial charge on any atom is -0.497 e. The molecule has 0 spiro atoms. The highest BCUT2D eigenvalue weighted by Gasteiger charge is 2.23. The molecule has 1 aliphatic rings. The number of nitrogens with zero attached hydrogens (tertiary/aromatic N) is 2. The summed E-state index contributed by atoms with van der Waals surface area (Å²) in [5, 5.41) is 0. The maximum atomic E-state index is 13.2. The zero-order chi connectivity index (χ0) is 21.2. The number of hydrogen-bond acceptors (Lipinski definition) is 5. The number of carbonyl (C=O) groups excluding carboxylic acids is 1. The van der Waals surface area contributed by atoms with E-state index in [1.54, 1.807) is 18.9 Å². The van der Waals surface area contributed by atoms with Crippen molar-refractivity contribution in [3.63, 3.8) is 0 Å². The number of benzene rings is 2. The van der Waals surface area contributed by atoms with Crippen LogP contribution in [0.2, 0.25) is 0 Å². The number of rotatable bonds is 10. The SMILES string of the molecule is COc1ccc(SCCC(=O)N(Cc2ccccc2)C(C)CN2CCOCC2)cc1. The van der Waals surface area contributed by atoms with Gasteiger partial charge in [-0.25, -0.2) is 0 Å². The van der Waals surface area contributed by atoms with Crippen LogP contribution in [0.5, 0.6) is 5.75 Å². The summed E-state index contributed by atoms with van der Waals surface area (Å²) >= 11 is 1.71. The molecule has 30 heavy (non-hydrogen) atoms. The maximum absolute atomic E-state index is 13.2. The second kappa shape index (κ2) is 12.0. The Kier molecular flexibility index (Phi) is 9.05. The molecule has 1 unspecified atom stereocenters. The van der Waals surface area contributed by atoms with Gasteiger partial charge in [0.1, 0.15) is 5.75 Å². The molecule has 1 amide bonds. The van der Waals surface area contributed by atoms with Crippen LogP contribution in [0.4, 0.5) is 0 Å². The molecule has 6 heteroatoms. The van der Waals surface area contributed by atoms with Crippen LogP contribution < -0.4 is 4.74 Å². The molecule has 0 bridgehead atoms. The van der Waals surface area contributed by atoms with Gasteiger partial charge in [-0.3, -0.25) is 9.69 Å². The predicted octanol–water partition coefficient (Wildman–Crippen LogP) is 3.93. The van der Waals surface area contributed by atoms with Crippen LogP contribution in [-0.4, -0.2) is 67.5 Å². The molecule has 0 saturated carbocycles. The lowest BCUT2D eigenvalue weighted by atomic mass is 10.1. The van der Waals surface area contributed by atoms with Gasteiger partial charge in [-0.15, -0.1) is 11.8 Å². The van der Waals surface area contributed by atoms with Crippen molar-refractivity contribution in [1.29, 1.82) is 0 Å². The molecule has 0 aromatic heterocycles. The van der Waals surface area contributed by atoms with Crippen molar-refractivity contribution < 1.29 is 14.3 Å². The zero-order valence-electron chi connectivity index (χ0n) is 18.0. The quantitative estimate of drug-likeness (QED) is 0.537. The topological polar surface area (TPSA) is 42.0 Å². The molecule has 0 radical (unpaired) electrons. The molecule has 162 valence electrons. The van der Waals surface area contributed by atoms with Crippen molar-refractivity contribution in [1.82, 2.24) is 9.80 Å². The number of methoxy groups -OCH3 is 1. The molecule has 1 atom stereocenters. The van der Waals surface area contributed by atoms with Gasteiger partial charge in [0.2, 0.25) is 5.91 Å². The highest BCUT2D eigenvalue weighted by atomic mass is 32.2. The van der Waals surface area contributed by atoms with Crippen LogP contribution in [0.25, 0.3) is 0 Å². The number of thioether (sulfide) groups is 1. The lowest BCUT2D eigenvalue weighted by Crippen LogP contribution is -2.48. The molecule has 3 rings (SSSR count). The third-order valence-corrected chi connectivity index (χ3v) is 6.33. The standard InChI is InChI=1S/C24H32N2O3S/c1-20(18-25-13-15-29-16-14-25)26(19-21-6-4-3-5-7-21)24(27)12-17-30-23-10-8-22(28-2)9-11-23/h3-11,20H,12-19H2,1-2H3. The van der Waals surface area contributed by atoms with Gasteiger partial charge in [0.15, 0.2) is 0 Å². The molecule has 1 aliphatic heterocycles. The van der Waals surface area contributed by atoms with E-state index in [1.165, 1.54) is 5.56 Å². The minimum atomic E-state index is 0.154. The van der Waals surface area contributed by atoms with Gasteiger partial charge in [0.05, 0.1) is 20.3 Å². The van der Waals surface area contributed by atoms with Crippen molar-refractivity contribution in [3.8, 4) is 5.75 Å². The van der Waals surface area contributed by atoms with Crippen LogP contribution >= 0.6 is 11.8 Å². The summed E-state index contributed by atoms with van der Waals surface area (Å²) in [5.41, 5.74) is 1.17. The Morgan fingerprint density at radius 3 is 2.50 bits per heavy atom. The first-order chi connectivity index (χ1) is 14.7. The molecule has 1 saturated heterocycles. The Hall–Kier alpha value is -2.02. The maximum Gasteiger partial charge on any atom is 0.223 e. The van der Waals surface area contributed by atoms with Crippen molar-refractivity contribution in [2.75, 3.05) is 45.7 Å². The molecule has 5 nitrogen and oxygen atoms in total. The first-order valence-corrected chi connectivity index (χ1v) is 11.5. The second-order valence-electron chi connectivity index (χ2n) is 7.54. The normalized spacial score (nSPS) is 15.5. The molecule has 0 aliphatic carbocycles. The van der Waals surface area contributed by atoms with Crippen molar-refractivity contribution >= 4 is 17.7 Å². The number of amides is 1. The van der Waals surface area contributed by atoms with Gasteiger partial charge in [-0.1, -0.05) is 30.3 Å². The smallest absolute Gasteiger partial charge is 0.223 e. The molecule has 2 aromatic carbocycles. The first-order valence-electron chi connectivity index (χ1n) is 10.6. The summed E-state index contributed by atoms with van der Waals surface area (Å²) < 4.78 is 10.7. The van der Waals surface area contributed by atoms with E-state index in [4.69, 9.17) is 9.47 Å². The Morgan fingerprint density at radius 1 is 1.13 bits per heavy atom. The van der Waals surface area contributed by atoms with Gasteiger partial charge in [-0.05, 0) is 36.8 Å². The Labute approximate surface area is 184 Å². The number of carbonyl (C=O) groups is 1. The summed E-state index contributed by atoms with van der Waals surface area (Å²) in [6.45, 7) is 7.12. The summed E-state index contributed by atoms with van der Waals surface area (Å²) in [6, 6.07) is 18.4. The molecule has 0 N–H and O–H groups in total. The average molecular weight is 429 g/mol. The third-order valence-electron chi connectivity index (χ3n) is 5.32. The molecule has 1 heterocycles. The van der Waals surface area contributed by atoms with Crippen LogP contribution in [0.15, 0.2) is 59.5 Å². The minimum absolute atomic E-state index is 0.154. The first kappa shape index (κ1) is 22.7. The van der Waals surface area contributed by atoms with Gasteiger partial charge < -0.3 is 14.4 Å². The zero-order valence-corrected chi connectivity index (χ0v) is 18.8. The monoisotopic (exact) mass is 428 g/mol. The third kappa shape index (κ3) is 7.04.